The Morgan fingerprint density at radius 3 is 2.72 bits per heavy atom. The van der Waals surface area contributed by atoms with E-state index in [1.807, 2.05) is 19.1 Å². The molecule has 1 aliphatic heterocycles. The monoisotopic (exact) mass is 376 g/mol. The summed E-state index contributed by atoms with van der Waals surface area (Å²) in [6.45, 7) is 1.90. The molecule has 0 unspecified atom stereocenters. The smallest absolute Gasteiger partial charge is 0.295 e. The van der Waals surface area contributed by atoms with E-state index in [1.54, 1.807) is 24.3 Å². The molecule has 2 aromatic carbocycles. The van der Waals surface area contributed by atoms with Crippen molar-refractivity contribution in [2.45, 2.75) is 6.92 Å². The van der Waals surface area contributed by atoms with Gasteiger partial charge >= 0.3 is 0 Å². The van der Waals surface area contributed by atoms with Crippen LogP contribution in [0.1, 0.15) is 11.1 Å². The summed E-state index contributed by atoms with van der Waals surface area (Å²) in [5.74, 6) is -0.898. The zero-order valence-corrected chi connectivity index (χ0v) is 14.8. The number of benzene rings is 2. The summed E-state index contributed by atoms with van der Waals surface area (Å²) in [6.07, 6.45) is 1.39. The maximum absolute atomic E-state index is 13.7. The van der Waals surface area contributed by atoms with Crippen molar-refractivity contribution in [3.8, 4) is 0 Å². The zero-order chi connectivity index (χ0) is 18.0. The van der Waals surface area contributed by atoms with Gasteiger partial charge < -0.3 is 5.32 Å². The molecule has 2 aromatic rings. The first-order chi connectivity index (χ1) is 12.0. The largest absolute Gasteiger partial charge is 0.367 e. The molecule has 1 saturated heterocycles. The SMILES string of the molecule is Cc1ccc(NCN2C(=O)S/C(=C/c3ccccc3F)C2=O)cc1Cl. The number of thioether (sulfide) groups is 1. The zero-order valence-electron chi connectivity index (χ0n) is 13.3. The fourth-order valence-electron chi connectivity index (χ4n) is 2.24. The molecule has 7 heteroatoms. The number of amides is 2. The van der Waals surface area contributed by atoms with Crippen molar-refractivity contribution in [3.05, 3.63) is 69.3 Å². The van der Waals surface area contributed by atoms with Gasteiger partial charge in [0.05, 0.1) is 11.6 Å². The number of hydrogen-bond donors (Lipinski definition) is 1. The van der Waals surface area contributed by atoms with Crippen molar-refractivity contribution in [2.75, 3.05) is 12.0 Å². The van der Waals surface area contributed by atoms with E-state index in [0.717, 1.165) is 22.2 Å². The summed E-state index contributed by atoms with van der Waals surface area (Å²) in [6, 6.07) is 11.5. The van der Waals surface area contributed by atoms with Crippen LogP contribution in [-0.2, 0) is 4.79 Å². The molecule has 0 radical (unpaired) electrons. The van der Waals surface area contributed by atoms with Crippen LogP contribution in [-0.4, -0.2) is 22.7 Å². The van der Waals surface area contributed by atoms with Gasteiger partial charge in [0, 0.05) is 16.3 Å². The summed E-state index contributed by atoms with van der Waals surface area (Å²) in [7, 11) is 0. The number of aryl methyl sites for hydroxylation is 1. The average molecular weight is 377 g/mol. The third kappa shape index (κ3) is 3.86. The number of nitrogens with one attached hydrogen (secondary N) is 1. The summed E-state index contributed by atoms with van der Waals surface area (Å²) in [5, 5.41) is 3.19. The van der Waals surface area contributed by atoms with Gasteiger partial charge in [-0.3, -0.25) is 14.5 Å². The third-order valence-corrected chi connectivity index (χ3v) is 4.99. The van der Waals surface area contributed by atoms with E-state index in [-0.39, 0.29) is 17.1 Å². The minimum absolute atomic E-state index is 0.0126. The summed E-state index contributed by atoms with van der Waals surface area (Å²) in [4.78, 5) is 25.7. The number of nitrogens with zero attached hydrogens (tertiary/aromatic N) is 1. The number of hydrogen-bond acceptors (Lipinski definition) is 4. The topological polar surface area (TPSA) is 49.4 Å². The van der Waals surface area contributed by atoms with Crippen molar-refractivity contribution in [2.24, 2.45) is 0 Å². The maximum atomic E-state index is 13.7. The molecule has 2 amide bonds. The Morgan fingerprint density at radius 2 is 2.00 bits per heavy atom. The Bertz CT molecular complexity index is 885. The van der Waals surface area contributed by atoms with E-state index in [1.165, 1.54) is 12.1 Å². The van der Waals surface area contributed by atoms with Crippen LogP contribution < -0.4 is 5.32 Å². The van der Waals surface area contributed by atoms with Crippen molar-refractivity contribution in [1.82, 2.24) is 4.90 Å². The highest BCUT2D eigenvalue weighted by Crippen LogP contribution is 2.32. The lowest BCUT2D eigenvalue weighted by molar-refractivity contribution is -0.122. The molecule has 0 bridgehead atoms. The Morgan fingerprint density at radius 1 is 1.24 bits per heavy atom. The van der Waals surface area contributed by atoms with Gasteiger partial charge in [-0.15, -0.1) is 0 Å². The van der Waals surface area contributed by atoms with Gasteiger partial charge in [0.1, 0.15) is 5.82 Å². The van der Waals surface area contributed by atoms with Crippen LogP contribution in [0.15, 0.2) is 47.4 Å². The van der Waals surface area contributed by atoms with Gasteiger partial charge in [-0.2, -0.15) is 0 Å². The minimum atomic E-state index is -0.455. The second-order valence-corrected chi connectivity index (χ2v) is 6.83. The van der Waals surface area contributed by atoms with E-state index in [0.29, 0.717) is 10.7 Å². The lowest BCUT2D eigenvalue weighted by Gasteiger charge is -2.15. The van der Waals surface area contributed by atoms with Gasteiger partial charge in [0.25, 0.3) is 11.1 Å². The van der Waals surface area contributed by atoms with Crippen molar-refractivity contribution in [1.29, 1.82) is 0 Å². The van der Waals surface area contributed by atoms with Crippen LogP contribution >= 0.6 is 23.4 Å². The number of halogens is 2. The standard InChI is InChI=1S/C18H14ClFN2O2S/c1-11-6-7-13(9-14(11)19)21-10-22-17(23)16(25-18(22)24)8-12-4-2-3-5-15(12)20/h2-9,21H,10H2,1H3/b16-8+. The summed E-state index contributed by atoms with van der Waals surface area (Å²) >= 11 is 6.85. The quantitative estimate of drug-likeness (QED) is 0.771. The van der Waals surface area contributed by atoms with Crippen molar-refractivity contribution < 1.29 is 14.0 Å². The second kappa shape index (κ2) is 7.29. The van der Waals surface area contributed by atoms with E-state index in [4.69, 9.17) is 11.6 Å². The first kappa shape index (κ1) is 17.5. The van der Waals surface area contributed by atoms with Crippen LogP contribution in [0.4, 0.5) is 14.9 Å². The van der Waals surface area contributed by atoms with Crippen molar-refractivity contribution in [3.63, 3.8) is 0 Å². The Labute approximate surface area is 153 Å². The molecule has 1 aliphatic rings. The molecule has 0 saturated carbocycles. The van der Waals surface area contributed by atoms with Gasteiger partial charge in [0.15, 0.2) is 0 Å². The Balaban J connectivity index is 1.73. The fourth-order valence-corrected chi connectivity index (χ4v) is 3.25. The predicted molar refractivity (Wildman–Crippen MR) is 98.9 cm³/mol. The predicted octanol–water partition coefficient (Wildman–Crippen LogP) is 4.89. The summed E-state index contributed by atoms with van der Waals surface area (Å²) in [5.41, 5.74) is 1.91. The Kier molecular flexibility index (Phi) is 5.11. The van der Waals surface area contributed by atoms with Crippen LogP contribution in [0, 0.1) is 12.7 Å². The molecule has 0 aliphatic carbocycles. The summed E-state index contributed by atoms with van der Waals surface area (Å²) < 4.78 is 13.7. The lowest BCUT2D eigenvalue weighted by Crippen LogP contribution is -2.33. The molecular formula is C18H14ClFN2O2S. The van der Waals surface area contributed by atoms with Crippen LogP contribution in [0.2, 0.25) is 5.02 Å². The molecule has 128 valence electrons. The van der Waals surface area contributed by atoms with Crippen molar-refractivity contribution >= 4 is 46.3 Å². The highest BCUT2D eigenvalue weighted by atomic mass is 35.5. The number of imide groups is 1. The maximum Gasteiger partial charge on any atom is 0.295 e. The lowest BCUT2D eigenvalue weighted by atomic mass is 10.2. The van der Waals surface area contributed by atoms with Gasteiger partial charge in [-0.25, -0.2) is 4.39 Å². The number of carbonyl (C=O) groups excluding carboxylic acids is 2. The fraction of sp³-hybridized carbons (Fsp3) is 0.111. The first-order valence-corrected chi connectivity index (χ1v) is 8.65. The molecule has 0 spiro atoms. The van der Waals surface area contributed by atoms with Gasteiger partial charge in [-0.1, -0.05) is 35.9 Å². The normalized spacial score (nSPS) is 16.0. The molecule has 4 nitrogen and oxygen atoms in total. The molecule has 3 rings (SSSR count). The molecule has 0 aromatic heterocycles. The molecule has 25 heavy (non-hydrogen) atoms. The van der Waals surface area contributed by atoms with Gasteiger partial charge in [0.2, 0.25) is 0 Å². The minimum Gasteiger partial charge on any atom is -0.367 e. The molecule has 1 fully saturated rings. The number of anilines is 1. The van der Waals surface area contributed by atoms with E-state index < -0.39 is 17.0 Å². The number of carbonyl (C=O) groups is 2. The van der Waals surface area contributed by atoms with E-state index in [9.17, 15) is 14.0 Å². The molecule has 0 atom stereocenters. The molecule has 1 heterocycles. The highest BCUT2D eigenvalue weighted by molar-refractivity contribution is 8.18. The molecular weight excluding hydrogens is 363 g/mol. The number of rotatable bonds is 4. The van der Waals surface area contributed by atoms with Gasteiger partial charge in [-0.05, 0) is 48.5 Å². The van der Waals surface area contributed by atoms with E-state index >= 15 is 0 Å². The van der Waals surface area contributed by atoms with Crippen LogP contribution in [0.5, 0.6) is 0 Å². The first-order valence-electron chi connectivity index (χ1n) is 7.45. The average Bonchev–Trinajstić information content (AvgIpc) is 2.85. The van der Waals surface area contributed by atoms with Crippen LogP contribution in [0.3, 0.4) is 0 Å². The second-order valence-electron chi connectivity index (χ2n) is 5.43. The van der Waals surface area contributed by atoms with E-state index in [2.05, 4.69) is 5.32 Å². The van der Waals surface area contributed by atoms with Crippen LogP contribution in [0.25, 0.3) is 6.08 Å². The molecule has 1 N–H and O–H groups in total. The Hall–Kier alpha value is -2.31. The third-order valence-electron chi connectivity index (χ3n) is 3.68. The highest BCUT2D eigenvalue weighted by Gasteiger charge is 2.34.